The first kappa shape index (κ1) is 25.9. The second kappa shape index (κ2) is 15.9. The zero-order valence-corrected chi connectivity index (χ0v) is 18.7. The van der Waals surface area contributed by atoms with E-state index in [0.29, 0.717) is 5.41 Å². The quantitative estimate of drug-likeness (QED) is 0.264. The van der Waals surface area contributed by atoms with Gasteiger partial charge in [0, 0.05) is 0 Å². The van der Waals surface area contributed by atoms with Crippen molar-refractivity contribution >= 4 is 0 Å². The van der Waals surface area contributed by atoms with Crippen LogP contribution in [-0.4, -0.2) is 22.4 Å². The molecular formula is C24H50O2. The number of unbranched alkanes of at least 4 members (excludes halogenated alkanes) is 6. The summed E-state index contributed by atoms with van der Waals surface area (Å²) in [5.74, 6) is 0.804. The van der Waals surface area contributed by atoms with Crippen LogP contribution in [0.1, 0.15) is 131 Å². The molecule has 2 nitrogen and oxygen atoms in total. The first-order valence-electron chi connectivity index (χ1n) is 11.6. The molecule has 0 aliphatic heterocycles. The highest BCUT2D eigenvalue weighted by Gasteiger charge is 2.10. The third kappa shape index (κ3) is 20.2. The number of aliphatic hydroxyl groups is 2. The Bertz CT molecular complexity index is 293. The van der Waals surface area contributed by atoms with E-state index in [-0.39, 0.29) is 12.2 Å². The van der Waals surface area contributed by atoms with Crippen LogP contribution in [0.15, 0.2) is 0 Å². The molecule has 0 rings (SSSR count). The third-order valence-electron chi connectivity index (χ3n) is 5.36. The molecule has 2 atom stereocenters. The zero-order chi connectivity index (χ0) is 19.8. The summed E-state index contributed by atoms with van der Waals surface area (Å²) in [6.45, 7) is 11.4. The number of aliphatic hydroxyl groups excluding tert-OH is 2. The molecule has 2 unspecified atom stereocenters. The van der Waals surface area contributed by atoms with Gasteiger partial charge in [0.05, 0.1) is 12.2 Å². The van der Waals surface area contributed by atoms with Gasteiger partial charge in [-0.05, 0) is 43.4 Å². The van der Waals surface area contributed by atoms with E-state index in [2.05, 4.69) is 34.6 Å². The summed E-state index contributed by atoms with van der Waals surface area (Å²) in [6.07, 6.45) is 16.9. The zero-order valence-electron chi connectivity index (χ0n) is 18.7. The third-order valence-corrected chi connectivity index (χ3v) is 5.36. The summed E-state index contributed by atoms with van der Waals surface area (Å²) >= 11 is 0. The Hall–Kier alpha value is -0.0800. The van der Waals surface area contributed by atoms with Crippen molar-refractivity contribution in [1.29, 1.82) is 0 Å². The summed E-state index contributed by atoms with van der Waals surface area (Å²) in [7, 11) is 0. The van der Waals surface area contributed by atoms with Gasteiger partial charge in [0.1, 0.15) is 0 Å². The summed E-state index contributed by atoms with van der Waals surface area (Å²) < 4.78 is 0. The normalized spacial score (nSPS) is 14.8. The van der Waals surface area contributed by atoms with Crippen LogP contribution in [0.2, 0.25) is 0 Å². The van der Waals surface area contributed by atoms with Crippen molar-refractivity contribution in [2.75, 3.05) is 0 Å². The van der Waals surface area contributed by atoms with Crippen molar-refractivity contribution in [3.8, 4) is 0 Å². The molecule has 0 aromatic rings. The predicted octanol–water partition coefficient (Wildman–Crippen LogP) is 7.26. The van der Waals surface area contributed by atoms with Crippen molar-refractivity contribution in [3.63, 3.8) is 0 Å². The topological polar surface area (TPSA) is 40.5 Å². The van der Waals surface area contributed by atoms with E-state index in [1.807, 2.05) is 0 Å². The Morgan fingerprint density at radius 3 is 1.23 bits per heavy atom. The van der Waals surface area contributed by atoms with Crippen LogP contribution in [0, 0.1) is 11.3 Å². The summed E-state index contributed by atoms with van der Waals surface area (Å²) in [4.78, 5) is 0. The SMILES string of the molecule is CC(C)CCCCCC(O)CCCCCC(O)CCCCCC(C)(C)C. The lowest BCUT2D eigenvalue weighted by Crippen LogP contribution is -2.08. The molecule has 0 spiro atoms. The smallest absolute Gasteiger partial charge is 0.0540 e. The number of hydrogen-bond acceptors (Lipinski definition) is 2. The Morgan fingerprint density at radius 2 is 0.885 bits per heavy atom. The Balaban J connectivity index is 3.37. The minimum absolute atomic E-state index is 0.109. The number of hydrogen-bond donors (Lipinski definition) is 2. The van der Waals surface area contributed by atoms with Crippen molar-refractivity contribution in [2.45, 2.75) is 143 Å². The van der Waals surface area contributed by atoms with Gasteiger partial charge < -0.3 is 10.2 Å². The van der Waals surface area contributed by atoms with E-state index in [0.717, 1.165) is 57.3 Å². The molecule has 0 heterocycles. The highest BCUT2D eigenvalue weighted by Crippen LogP contribution is 2.23. The van der Waals surface area contributed by atoms with Gasteiger partial charge in [0.15, 0.2) is 0 Å². The Labute approximate surface area is 165 Å². The van der Waals surface area contributed by atoms with Crippen LogP contribution in [0.4, 0.5) is 0 Å². The van der Waals surface area contributed by atoms with Crippen LogP contribution in [0.3, 0.4) is 0 Å². The van der Waals surface area contributed by atoms with Crippen LogP contribution < -0.4 is 0 Å². The molecule has 0 radical (unpaired) electrons. The van der Waals surface area contributed by atoms with Crippen LogP contribution in [0.25, 0.3) is 0 Å². The molecule has 0 saturated heterocycles. The highest BCUT2D eigenvalue weighted by molar-refractivity contribution is 4.63. The molecule has 0 bridgehead atoms. The largest absolute Gasteiger partial charge is 0.393 e. The van der Waals surface area contributed by atoms with Crippen molar-refractivity contribution in [1.82, 2.24) is 0 Å². The maximum absolute atomic E-state index is 10.1. The molecule has 158 valence electrons. The summed E-state index contributed by atoms with van der Waals surface area (Å²) in [5, 5.41) is 20.1. The lowest BCUT2D eigenvalue weighted by molar-refractivity contribution is 0.138. The average molecular weight is 371 g/mol. The summed E-state index contributed by atoms with van der Waals surface area (Å²) in [6, 6.07) is 0. The maximum atomic E-state index is 10.1. The highest BCUT2D eigenvalue weighted by atomic mass is 16.3. The van der Waals surface area contributed by atoms with Gasteiger partial charge >= 0.3 is 0 Å². The van der Waals surface area contributed by atoms with Crippen LogP contribution >= 0.6 is 0 Å². The standard InChI is InChI=1S/C24H50O2/c1-21(2)15-9-6-10-16-22(25)17-11-7-12-18-23(26)19-13-8-14-20-24(3,4)5/h21-23,25-26H,6-20H2,1-5H3. The Morgan fingerprint density at radius 1 is 0.538 bits per heavy atom. The molecule has 0 aliphatic carbocycles. The van der Waals surface area contributed by atoms with Crippen molar-refractivity contribution in [3.05, 3.63) is 0 Å². The minimum Gasteiger partial charge on any atom is -0.393 e. The van der Waals surface area contributed by atoms with Gasteiger partial charge in [-0.1, -0.05) is 98.8 Å². The van der Waals surface area contributed by atoms with Gasteiger partial charge in [-0.15, -0.1) is 0 Å². The van der Waals surface area contributed by atoms with Crippen LogP contribution in [-0.2, 0) is 0 Å². The molecular weight excluding hydrogens is 320 g/mol. The van der Waals surface area contributed by atoms with E-state index < -0.39 is 0 Å². The summed E-state index contributed by atoms with van der Waals surface area (Å²) in [5.41, 5.74) is 0.442. The van der Waals surface area contributed by atoms with Gasteiger partial charge in [0.2, 0.25) is 0 Å². The van der Waals surface area contributed by atoms with Crippen molar-refractivity contribution < 1.29 is 10.2 Å². The van der Waals surface area contributed by atoms with E-state index in [1.54, 1.807) is 0 Å². The fourth-order valence-electron chi connectivity index (χ4n) is 3.55. The number of rotatable bonds is 17. The average Bonchev–Trinajstić information content (AvgIpc) is 2.52. The second-order valence-electron chi connectivity index (χ2n) is 10.1. The van der Waals surface area contributed by atoms with Crippen molar-refractivity contribution in [2.24, 2.45) is 11.3 Å². The molecule has 0 aliphatic rings. The molecule has 26 heavy (non-hydrogen) atoms. The second-order valence-corrected chi connectivity index (χ2v) is 10.1. The van der Waals surface area contributed by atoms with E-state index in [4.69, 9.17) is 0 Å². The fraction of sp³-hybridized carbons (Fsp3) is 1.00. The van der Waals surface area contributed by atoms with E-state index >= 15 is 0 Å². The minimum atomic E-state index is -0.115. The van der Waals surface area contributed by atoms with Gasteiger partial charge in [-0.3, -0.25) is 0 Å². The first-order chi connectivity index (χ1) is 12.2. The molecule has 0 amide bonds. The van der Waals surface area contributed by atoms with Gasteiger partial charge in [0.25, 0.3) is 0 Å². The van der Waals surface area contributed by atoms with E-state index in [1.165, 1.54) is 44.9 Å². The molecule has 0 aromatic heterocycles. The molecule has 2 N–H and O–H groups in total. The van der Waals surface area contributed by atoms with Gasteiger partial charge in [-0.25, -0.2) is 0 Å². The molecule has 2 heteroatoms. The monoisotopic (exact) mass is 370 g/mol. The van der Waals surface area contributed by atoms with Crippen LogP contribution in [0.5, 0.6) is 0 Å². The lowest BCUT2D eigenvalue weighted by Gasteiger charge is -2.17. The lowest BCUT2D eigenvalue weighted by atomic mass is 9.89. The molecule has 0 aromatic carbocycles. The Kier molecular flexibility index (Phi) is 15.9. The van der Waals surface area contributed by atoms with Gasteiger partial charge in [-0.2, -0.15) is 0 Å². The molecule has 0 fully saturated rings. The fourth-order valence-corrected chi connectivity index (χ4v) is 3.55. The predicted molar refractivity (Wildman–Crippen MR) is 116 cm³/mol. The first-order valence-corrected chi connectivity index (χ1v) is 11.6. The molecule has 0 saturated carbocycles. The maximum Gasteiger partial charge on any atom is 0.0540 e. The van der Waals surface area contributed by atoms with E-state index in [9.17, 15) is 10.2 Å².